The van der Waals surface area contributed by atoms with Crippen molar-refractivity contribution in [2.75, 3.05) is 0 Å². The molecule has 1 aromatic rings. The second-order valence-corrected chi connectivity index (χ2v) is 5.34. The van der Waals surface area contributed by atoms with E-state index in [2.05, 4.69) is 6.07 Å². The minimum absolute atomic E-state index is 0.263. The fourth-order valence-corrected chi connectivity index (χ4v) is 3.34. The van der Waals surface area contributed by atoms with Crippen LogP contribution in [0.15, 0.2) is 6.07 Å². The number of hydrogen-bond donors (Lipinski definition) is 1. The van der Waals surface area contributed by atoms with Crippen LogP contribution in [0.5, 0.6) is 0 Å². The van der Waals surface area contributed by atoms with E-state index in [0.29, 0.717) is 6.42 Å². The van der Waals surface area contributed by atoms with Crippen molar-refractivity contribution in [1.29, 1.82) is 0 Å². The van der Waals surface area contributed by atoms with Crippen LogP contribution in [0.1, 0.15) is 41.0 Å². The lowest BCUT2D eigenvalue weighted by Gasteiger charge is -1.93. The highest BCUT2D eigenvalue weighted by molar-refractivity contribution is 7.12. The molecule has 0 saturated heterocycles. The van der Waals surface area contributed by atoms with Gasteiger partial charge in [-0.15, -0.1) is 11.3 Å². The first-order chi connectivity index (χ1) is 7.25. The van der Waals surface area contributed by atoms with E-state index in [-0.39, 0.29) is 6.42 Å². The maximum Gasteiger partial charge on any atom is 0.303 e. The number of aryl methyl sites for hydroxylation is 3. The molecule has 3 heteroatoms. The molecule has 1 aromatic heterocycles. The van der Waals surface area contributed by atoms with Crippen molar-refractivity contribution in [1.82, 2.24) is 0 Å². The molecule has 15 heavy (non-hydrogen) atoms. The third-order valence-electron chi connectivity index (χ3n) is 2.88. The SMILES string of the molecule is O=C(O)CCc1cc2c(s1)CCCCC2. The zero-order chi connectivity index (χ0) is 10.7. The average molecular weight is 224 g/mol. The lowest BCUT2D eigenvalue weighted by molar-refractivity contribution is -0.136. The number of fused-ring (bicyclic) bond motifs is 1. The van der Waals surface area contributed by atoms with Gasteiger partial charge in [-0.1, -0.05) is 6.42 Å². The van der Waals surface area contributed by atoms with Crippen molar-refractivity contribution in [2.24, 2.45) is 0 Å². The number of carbonyl (C=O) groups is 1. The zero-order valence-corrected chi connectivity index (χ0v) is 9.61. The van der Waals surface area contributed by atoms with Crippen LogP contribution in [0, 0.1) is 0 Å². The Morgan fingerprint density at radius 3 is 2.93 bits per heavy atom. The Hall–Kier alpha value is -0.830. The largest absolute Gasteiger partial charge is 0.481 e. The van der Waals surface area contributed by atoms with Crippen LogP contribution in [0.2, 0.25) is 0 Å². The summed E-state index contributed by atoms with van der Waals surface area (Å²) in [6, 6.07) is 2.23. The standard InChI is InChI=1S/C12H16O2S/c13-12(14)7-6-10-8-9-4-2-1-3-5-11(9)15-10/h8H,1-7H2,(H,13,14). The summed E-state index contributed by atoms with van der Waals surface area (Å²) in [6.07, 6.45) is 7.29. The highest BCUT2D eigenvalue weighted by Gasteiger charge is 2.12. The Labute approximate surface area is 93.9 Å². The molecule has 0 amide bonds. The van der Waals surface area contributed by atoms with E-state index in [0.717, 1.165) is 0 Å². The van der Waals surface area contributed by atoms with Crippen LogP contribution in [-0.2, 0) is 24.1 Å². The summed E-state index contributed by atoms with van der Waals surface area (Å²) in [6.45, 7) is 0. The minimum Gasteiger partial charge on any atom is -0.481 e. The zero-order valence-electron chi connectivity index (χ0n) is 8.79. The van der Waals surface area contributed by atoms with E-state index in [4.69, 9.17) is 5.11 Å². The lowest BCUT2D eigenvalue weighted by atomic mass is 10.1. The molecular weight excluding hydrogens is 208 g/mol. The molecule has 2 nitrogen and oxygen atoms in total. The van der Waals surface area contributed by atoms with E-state index >= 15 is 0 Å². The number of rotatable bonds is 3. The fraction of sp³-hybridized carbons (Fsp3) is 0.583. The predicted molar refractivity (Wildman–Crippen MR) is 61.5 cm³/mol. The van der Waals surface area contributed by atoms with Crippen molar-refractivity contribution in [3.8, 4) is 0 Å². The van der Waals surface area contributed by atoms with Gasteiger partial charge in [0.25, 0.3) is 0 Å². The molecule has 0 saturated carbocycles. The van der Waals surface area contributed by atoms with Gasteiger partial charge in [-0.2, -0.15) is 0 Å². The van der Waals surface area contributed by atoms with Gasteiger partial charge in [-0.05, 0) is 43.7 Å². The van der Waals surface area contributed by atoms with Gasteiger partial charge >= 0.3 is 5.97 Å². The summed E-state index contributed by atoms with van der Waals surface area (Å²) >= 11 is 1.83. The quantitative estimate of drug-likeness (QED) is 0.801. The van der Waals surface area contributed by atoms with Crippen molar-refractivity contribution in [3.05, 3.63) is 21.4 Å². The van der Waals surface area contributed by atoms with Crippen LogP contribution in [0.4, 0.5) is 0 Å². The average Bonchev–Trinajstić information content (AvgIpc) is 2.46. The second-order valence-electron chi connectivity index (χ2n) is 4.12. The molecule has 0 unspecified atom stereocenters. The first kappa shape index (κ1) is 10.7. The molecule has 0 radical (unpaired) electrons. The number of aliphatic carboxylic acids is 1. The number of carboxylic acids is 1. The lowest BCUT2D eigenvalue weighted by Crippen LogP contribution is -1.95. The summed E-state index contributed by atoms with van der Waals surface area (Å²) < 4.78 is 0. The third-order valence-corrected chi connectivity index (χ3v) is 4.18. The molecule has 1 N–H and O–H groups in total. The summed E-state index contributed by atoms with van der Waals surface area (Å²) in [7, 11) is 0. The van der Waals surface area contributed by atoms with E-state index in [1.165, 1.54) is 47.4 Å². The fourth-order valence-electron chi connectivity index (χ4n) is 2.08. The molecule has 82 valence electrons. The number of thiophene rings is 1. The van der Waals surface area contributed by atoms with Crippen LogP contribution < -0.4 is 0 Å². The summed E-state index contributed by atoms with van der Waals surface area (Å²) in [5.74, 6) is -0.696. The van der Waals surface area contributed by atoms with Gasteiger partial charge in [-0.25, -0.2) is 0 Å². The van der Waals surface area contributed by atoms with Crippen LogP contribution in [0.25, 0.3) is 0 Å². The molecule has 0 aromatic carbocycles. The van der Waals surface area contributed by atoms with Crippen LogP contribution in [0.3, 0.4) is 0 Å². The molecule has 0 fully saturated rings. The van der Waals surface area contributed by atoms with Gasteiger partial charge in [0, 0.05) is 9.75 Å². The Morgan fingerprint density at radius 2 is 2.13 bits per heavy atom. The summed E-state index contributed by atoms with van der Waals surface area (Å²) in [5, 5.41) is 8.63. The van der Waals surface area contributed by atoms with Gasteiger partial charge < -0.3 is 5.11 Å². The summed E-state index contributed by atoms with van der Waals surface area (Å²) in [4.78, 5) is 13.2. The van der Waals surface area contributed by atoms with E-state index in [1.807, 2.05) is 11.3 Å². The first-order valence-electron chi connectivity index (χ1n) is 5.58. The molecular formula is C12H16O2S. The van der Waals surface area contributed by atoms with Gasteiger partial charge in [0.2, 0.25) is 0 Å². The second kappa shape index (κ2) is 4.79. The number of carboxylic acid groups (broad SMARTS) is 1. The van der Waals surface area contributed by atoms with Crippen molar-refractivity contribution in [3.63, 3.8) is 0 Å². The third kappa shape index (κ3) is 2.81. The van der Waals surface area contributed by atoms with Crippen molar-refractivity contribution >= 4 is 17.3 Å². The maximum atomic E-state index is 10.5. The Kier molecular flexibility index (Phi) is 3.41. The molecule has 1 aliphatic carbocycles. The molecule has 0 atom stereocenters. The summed E-state index contributed by atoms with van der Waals surface area (Å²) in [5.41, 5.74) is 1.48. The molecule has 1 heterocycles. The number of hydrogen-bond acceptors (Lipinski definition) is 2. The van der Waals surface area contributed by atoms with Crippen molar-refractivity contribution in [2.45, 2.75) is 44.9 Å². The van der Waals surface area contributed by atoms with Crippen LogP contribution in [-0.4, -0.2) is 11.1 Å². The van der Waals surface area contributed by atoms with E-state index in [1.54, 1.807) is 0 Å². The highest BCUT2D eigenvalue weighted by atomic mass is 32.1. The first-order valence-corrected chi connectivity index (χ1v) is 6.39. The topological polar surface area (TPSA) is 37.3 Å². The van der Waals surface area contributed by atoms with E-state index < -0.39 is 5.97 Å². The molecule has 0 bridgehead atoms. The van der Waals surface area contributed by atoms with Gasteiger partial charge in [0.15, 0.2) is 0 Å². The van der Waals surface area contributed by atoms with Crippen molar-refractivity contribution < 1.29 is 9.90 Å². The van der Waals surface area contributed by atoms with Gasteiger partial charge in [0.1, 0.15) is 0 Å². The smallest absolute Gasteiger partial charge is 0.303 e. The molecule has 1 aliphatic rings. The normalized spacial score (nSPS) is 15.7. The monoisotopic (exact) mass is 224 g/mol. The maximum absolute atomic E-state index is 10.5. The van der Waals surface area contributed by atoms with E-state index in [9.17, 15) is 4.79 Å². The Balaban J connectivity index is 2.05. The molecule has 2 rings (SSSR count). The minimum atomic E-state index is -0.696. The Bertz CT molecular complexity index is 331. The molecule has 0 spiro atoms. The molecule has 0 aliphatic heterocycles. The predicted octanol–water partition coefficient (Wildman–Crippen LogP) is 3.03. The Morgan fingerprint density at radius 1 is 1.33 bits per heavy atom. The van der Waals surface area contributed by atoms with Gasteiger partial charge in [-0.3, -0.25) is 4.79 Å². The van der Waals surface area contributed by atoms with Gasteiger partial charge in [0.05, 0.1) is 6.42 Å². The van der Waals surface area contributed by atoms with Crippen LogP contribution >= 0.6 is 11.3 Å². The highest BCUT2D eigenvalue weighted by Crippen LogP contribution is 2.29.